The van der Waals surface area contributed by atoms with E-state index in [-0.39, 0.29) is 0 Å². The summed E-state index contributed by atoms with van der Waals surface area (Å²) in [6, 6.07) is 13.4. The monoisotopic (exact) mass is 306 g/mol. The van der Waals surface area contributed by atoms with Crippen LogP contribution in [0.25, 0.3) is 0 Å². The molecule has 1 unspecified atom stereocenters. The second-order valence-corrected chi connectivity index (χ2v) is 5.19. The molecule has 0 bridgehead atoms. The van der Waals surface area contributed by atoms with Gasteiger partial charge in [-0.2, -0.15) is 0 Å². The Morgan fingerprint density at radius 3 is 2.39 bits per heavy atom. The molecule has 0 aliphatic rings. The molecular weight excluding hydrogens is 292 g/mol. The molecule has 0 aliphatic carbocycles. The van der Waals surface area contributed by atoms with Crippen LogP contribution in [0.2, 0.25) is 0 Å². The van der Waals surface area contributed by atoms with Gasteiger partial charge in [-0.15, -0.1) is 0 Å². The predicted octanol–water partition coefficient (Wildman–Crippen LogP) is 4.60. The maximum Gasteiger partial charge on any atom is 0.134 e. The summed E-state index contributed by atoms with van der Waals surface area (Å²) in [4.78, 5) is 0. The summed E-state index contributed by atoms with van der Waals surface area (Å²) in [7, 11) is 0. The van der Waals surface area contributed by atoms with Crippen molar-refractivity contribution >= 4 is 15.9 Å². The Labute approximate surface area is 115 Å². The molecule has 2 aromatic rings. The van der Waals surface area contributed by atoms with Crippen LogP contribution in [0.4, 0.5) is 0 Å². The van der Waals surface area contributed by atoms with Crippen molar-refractivity contribution in [3.8, 4) is 11.5 Å². The van der Waals surface area contributed by atoms with Crippen molar-refractivity contribution in [3.63, 3.8) is 0 Å². The molecule has 0 aromatic heterocycles. The highest BCUT2D eigenvalue weighted by molar-refractivity contribution is 9.10. The van der Waals surface area contributed by atoms with E-state index in [1.165, 1.54) is 5.56 Å². The summed E-state index contributed by atoms with van der Waals surface area (Å²) in [5, 5.41) is 9.72. The maximum absolute atomic E-state index is 9.72. The lowest BCUT2D eigenvalue weighted by molar-refractivity contribution is 0.195. The zero-order valence-corrected chi connectivity index (χ0v) is 11.9. The van der Waals surface area contributed by atoms with E-state index < -0.39 is 6.10 Å². The van der Waals surface area contributed by atoms with Gasteiger partial charge >= 0.3 is 0 Å². The molecule has 18 heavy (non-hydrogen) atoms. The van der Waals surface area contributed by atoms with Crippen molar-refractivity contribution in [1.29, 1.82) is 0 Å². The molecule has 3 heteroatoms. The van der Waals surface area contributed by atoms with E-state index in [4.69, 9.17) is 4.74 Å². The number of ether oxygens (including phenoxy) is 1. The van der Waals surface area contributed by atoms with E-state index in [1.54, 1.807) is 6.92 Å². The topological polar surface area (TPSA) is 29.5 Å². The predicted molar refractivity (Wildman–Crippen MR) is 76.0 cm³/mol. The first-order valence-electron chi connectivity index (χ1n) is 5.78. The van der Waals surface area contributed by atoms with Gasteiger partial charge in [0.2, 0.25) is 0 Å². The first kappa shape index (κ1) is 13.1. The standard InChI is InChI=1S/C15H15BrO2/c1-10-3-6-13(7-4-10)18-15-9-12(16)5-8-14(15)11(2)17/h3-9,11,17H,1-2H3. The van der Waals surface area contributed by atoms with Crippen LogP contribution in [0.5, 0.6) is 11.5 Å². The molecule has 0 heterocycles. The van der Waals surface area contributed by atoms with Crippen LogP contribution in [-0.4, -0.2) is 5.11 Å². The number of benzene rings is 2. The highest BCUT2D eigenvalue weighted by Gasteiger charge is 2.10. The fraction of sp³-hybridized carbons (Fsp3) is 0.200. The van der Waals surface area contributed by atoms with Gasteiger partial charge in [-0.1, -0.05) is 39.7 Å². The fourth-order valence-electron chi connectivity index (χ4n) is 1.68. The minimum Gasteiger partial charge on any atom is -0.457 e. The maximum atomic E-state index is 9.72. The van der Waals surface area contributed by atoms with Gasteiger partial charge in [0.25, 0.3) is 0 Å². The van der Waals surface area contributed by atoms with Crippen molar-refractivity contribution in [1.82, 2.24) is 0 Å². The number of rotatable bonds is 3. The van der Waals surface area contributed by atoms with Gasteiger partial charge in [-0.3, -0.25) is 0 Å². The van der Waals surface area contributed by atoms with E-state index >= 15 is 0 Å². The van der Waals surface area contributed by atoms with Crippen molar-refractivity contribution in [3.05, 3.63) is 58.1 Å². The largest absolute Gasteiger partial charge is 0.457 e. The Morgan fingerprint density at radius 2 is 1.78 bits per heavy atom. The van der Waals surface area contributed by atoms with Crippen molar-refractivity contribution < 1.29 is 9.84 Å². The minimum absolute atomic E-state index is 0.557. The highest BCUT2D eigenvalue weighted by atomic mass is 79.9. The van der Waals surface area contributed by atoms with E-state index in [0.29, 0.717) is 5.75 Å². The Kier molecular flexibility index (Phi) is 4.04. The average Bonchev–Trinajstić information content (AvgIpc) is 2.32. The van der Waals surface area contributed by atoms with E-state index in [2.05, 4.69) is 15.9 Å². The molecule has 0 amide bonds. The normalized spacial score (nSPS) is 12.2. The summed E-state index contributed by atoms with van der Waals surface area (Å²) in [5.74, 6) is 1.43. The van der Waals surface area contributed by atoms with Gasteiger partial charge < -0.3 is 9.84 Å². The Bertz CT molecular complexity index is 533. The quantitative estimate of drug-likeness (QED) is 0.897. The molecule has 0 fully saturated rings. The third-order valence-corrected chi connectivity index (χ3v) is 3.17. The van der Waals surface area contributed by atoms with Crippen LogP contribution in [0.3, 0.4) is 0 Å². The van der Waals surface area contributed by atoms with Gasteiger partial charge in [0, 0.05) is 10.0 Å². The lowest BCUT2D eigenvalue weighted by atomic mass is 10.1. The lowest BCUT2D eigenvalue weighted by Gasteiger charge is -2.13. The van der Waals surface area contributed by atoms with Crippen molar-refractivity contribution in [2.24, 2.45) is 0 Å². The first-order chi connectivity index (χ1) is 8.56. The van der Waals surface area contributed by atoms with Crippen LogP contribution < -0.4 is 4.74 Å². The first-order valence-corrected chi connectivity index (χ1v) is 6.57. The molecule has 2 rings (SSSR count). The third kappa shape index (κ3) is 3.12. The summed E-state index contributed by atoms with van der Waals surface area (Å²) >= 11 is 3.41. The van der Waals surface area contributed by atoms with Crippen LogP contribution >= 0.6 is 15.9 Å². The van der Waals surface area contributed by atoms with Crippen molar-refractivity contribution in [2.45, 2.75) is 20.0 Å². The van der Waals surface area contributed by atoms with Gasteiger partial charge in [0.15, 0.2) is 0 Å². The minimum atomic E-state index is -0.557. The van der Waals surface area contributed by atoms with Gasteiger partial charge in [-0.25, -0.2) is 0 Å². The zero-order valence-electron chi connectivity index (χ0n) is 10.4. The number of halogens is 1. The number of hydrogen-bond donors (Lipinski definition) is 1. The van der Waals surface area contributed by atoms with Crippen molar-refractivity contribution in [2.75, 3.05) is 0 Å². The molecule has 0 spiro atoms. The average molecular weight is 307 g/mol. The molecule has 0 saturated carbocycles. The summed E-state index contributed by atoms with van der Waals surface area (Å²) in [6.45, 7) is 3.76. The molecule has 2 nitrogen and oxygen atoms in total. The van der Waals surface area contributed by atoms with Crippen LogP contribution in [-0.2, 0) is 0 Å². The summed E-state index contributed by atoms with van der Waals surface area (Å²) in [6.07, 6.45) is -0.557. The molecule has 1 N–H and O–H groups in total. The number of aryl methyl sites for hydroxylation is 1. The summed E-state index contributed by atoms with van der Waals surface area (Å²) < 4.78 is 6.74. The second kappa shape index (κ2) is 5.55. The van der Waals surface area contributed by atoms with Crippen LogP contribution in [0.1, 0.15) is 24.2 Å². The number of aliphatic hydroxyl groups is 1. The highest BCUT2D eigenvalue weighted by Crippen LogP contribution is 2.32. The lowest BCUT2D eigenvalue weighted by Crippen LogP contribution is -1.96. The SMILES string of the molecule is Cc1ccc(Oc2cc(Br)ccc2C(C)O)cc1. The molecular formula is C15H15BrO2. The molecule has 0 radical (unpaired) electrons. The molecule has 2 aromatic carbocycles. The Hall–Kier alpha value is -1.32. The third-order valence-electron chi connectivity index (χ3n) is 2.67. The molecule has 1 atom stereocenters. The Morgan fingerprint density at radius 1 is 1.11 bits per heavy atom. The van der Waals surface area contributed by atoms with Gasteiger partial charge in [0.05, 0.1) is 6.10 Å². The van der Waals surface area contributed by atoms with Crippen LogP contribution in [0.15, 0.2) is 46.9 Å². The second-order valence-electron chi connectivity index (χ2n) is 4.27. The van der Waals surface area contributed by atoms with Gasteiger partial charge in [-0.05, 0) is 38.1 Å². The zero-order chi connectivity index (χ0) is 13.1. The van der Waals surface area contributed by atoms with Crippen LogP contribution in [0, 0.1) is 6.92 Å². The Balaban J connectivity index is 2.32. The fourth-order valence-corrected chi connectivity index (χ4v) is 2.02. The molecule has 0 aliphatic heterocycles. The van der Waals surface area contributed by atoms with E-state index in [9.17, 15) is 5.11 Å². The number of aliphatic hydroxyl groups excluding tert-OH is 1. The molecule has 0 saturated heterocycles. The number of hydrogen-bond acceptors (Lipinski definition) is 2. The van der Waals surface area contributed by atoms with E-state index in [0.717, 1.165) is 15.8 Å². The van der Waals surface area contributed by atoms with Gasteiger partial charge in [0.1, 0.15) is 11.5 Å². The van der Waals surface area contributed by atoms with E-state index in [1.807, 2.05) is 49.4 Å². The summed E-state index contributed by atoms with van der Waals surface area (Å²) in [5.41, 5.74) is 1.96. The molecule has 94 valence electrons. The smallest absolute Gasteiger partial charge is 0.134 e.